The quantitative estimate of drug-likeness (QED) is 0.913. The lowest BCUT2D eigenvalue weighted by Gasteiger charge is -2.20. The molecule has 0 atom stereocenters. The maximum Gasteiger partial charge on any atom is 0.320 e. The van der Waals surface area contributed by atoms with Crippen LogP contribution >= 0.6 is 0 Å². The number of amides is 2. The van der Waals surface area contributed by atoms with E-state index in [4.69, 9.17) is 0 Å². The van der Waals surface area contributed by atoms with Crippen molar-refractivity contribution in [3.63, 3.8) is 0 Å². The zero-order valence-electron chi connectivity index (χ0n) is 13.3. The van der Waals surface area contributed by atoms with Crippen LogP contribution in [0.1, 0.15) is 33.4 Å². The van der Waals surface area contributed by atoms with Crippen LogP contribution in [0.15, 0.2) is 30.6 Å². The van der Waals surface area contributed by atoms with Crippen molar-refractivity contribution >= 4 is 11.8 Å². The number of nitrogens with one attached hydrogen (secondary N) is 2. The standard InChI is InChI=1S/C16H21N5O/c1-5-12-10-11(6-8-17-12)14-18-9-7-13(19-14)20-15(22)21-16(2,3)4/h6-10H,5H2,1-4H3,(H2,18,19,20,21,22). The highest BCUT2D eigenvalue weighted by Gasteiger charge is 2.14. The molecular formula is C16H21N5O. The van der Waals surface area contributed by atoms with Crippen LogP contribution in [0.4, 0.5) is 10.6 Å². The average molecular weight is 299 g/mol. The van der Waals surface area contributed by atoms with Crippen molar-refractivity contribution < 1.29 is 4.79 Å². The summed E-state index contributed by atoms with van der Waals surface area (Å²) < 4.78 is 0. The van der Waals surface area contributed by atoms with E-state index in [1.54, 1.807) is 18.5 Å². The first-order chi connectivity index (χ1) is 10.4. The van der Waals surface area contributed by atoms with Crippen molar-refractivity contribution in [1.29, 1.82) is 0 Å². The third-order valence-corrected chi connectivity index (χ3v) is 2.82. The molecule has 2 heterocycles. The molecule has 6 heteroatoms. The first-order valence-corrected chi connectivity index (χ1v) is 7.25. The van der Waals surface area contributed by atoms with Crippen LogP contribution < -0.4 is 10.6 Å². The summed E-state index contributed by atoms with van der Waals surface area (Å²) in [4.78, 5) is 24.8. The molecule has 2 N–H and O–H groups in total. The topological polar surface area (TPSA) is 79.8 Å². The molecule has 0 aliphatic carbocycles. The number of rotatable bonds is 3. The Kier molecular flexibility index (Phi) is 4.70. The molecular weight excluding hydrogens is 278 g/mol. The minimum atomic E-state index is -0.304. The van der Waals surface area contributed by atoms with E-state index in [2.05, 4.69) is 25.6 Å². The molecule has 0 unspecified atom stereocenters. The summed E-state index contributed by atoms with van der Waals surface area (Å²) >= 11 is 0. The third kappa shape index (κ3) is 4.51. The van der Waals surface area contributed by atoms with Crippen molar-refractivity contribution in [3.8, 4) is 11.4 Å². The Hall–Kier alpha value is -2.50. The highest BCUT2D eigenvalue weighted by Crippen LogP contribution is 2.17. The molecule has 6 nitrogen and oxygen atoms in total. The van der Waals surface area contributed by atoms with Crippen LogP contribution in [0.3, 0.4) is 0 Å². The summed E-state index contributed by atoms with van der Waals surface area (Å²) in [5.74, 6) is 1.02. The van der Waals surface area contributed by atoms with E-state index in [0.29, 0.717) is 11.6 Å². The maximum absolute atomic E-state index is 11.9. The molecule has 0 spiro atoms. The van der Waals surface area contributed by atoms with Gasteiger partial charge in [0.2, 0.25) is 0 Å². The average Bonchev–Trinajstić information content (AvgIpc) is 2.45. The van der Waals surface area contributed by atoms with Crippen LogP contribution in [0, 0.1) is 0 Å². The number of nitrogens with zero attached hydrogens (tertiary/aromatic N) is 3. The van der Waals surface area contributed by atoms with E-state index in [0.717, 1.165) is 17.7 Å². The minimum absolute atomic E-state index is 0.291. The number of pyridine rings is 1. The fraction of sp³-hybridized carbons (Fsp3) is 0.375. The van der Waals surface area contributed by atoms with Gasteiger partial charge in [0.25, 0.3) is 0 Å². The lowest BCUT2D eigenvalue weighted by Crippen LogP contribution is -2.43. The second-order valence-corrected chi connectivity index (χ2v) is 5.98. The Morgan fingerprint density at radius 3 is 2.59 bits per heavy atom. The van der Waals surface area contributed by atoms with Crippen molar-refractivity contribution in [2.24, 2.45) is 0 Å². The molecule has 2 amide bonds. The number of hydrogen-bond acceptors (Lipinski definition) is 4. The summed E-state index contributed by atoms with van der Waals surface area (Å²) in [6, 6.07) is 5.18. The van der Waals surface area contributed by atoms with E-state index in [9.17, 15) is 4.79 Å². The first kappa shape index (κ1) is 15.9. The number of carbonyl (C=O) groups is 1. The van der Waals surface area contributed by atoms with Crippen LogP contribution in [0.25, 0.3) is 11.4 Å². The Bertz CT molecular complexity index is 664. The van der Waals surface area contributed by atoms with Gasteiger partial charge in [-0.05, 0) is 45.4 Å². The molecule has 116 valence electrons. The minimum Gasteiger partial charge on any atom is -0.333 e. The third-order valence-electron chi connectivity index (χ3n) is 2.82. The smallest absolute Gasteiger partial charge is 0.320 e. The first-order valence-electron chi connectivity index (χ1n) is 7.25. The maximum atomic E-state index is 11.9. The molecule has 0 aromatic carbocycles. The van der Waals surface area contributed by atoms with Gasteiger partial charge in [-0.2, -0.15) is 0 Å². The van der Waals surface area contributed by atoms with Gasteiger partial charge in [0.1, 0.15) is 5.82 Å². The number of hydrogen-bond donors (Lipinski definition) is 2. The van der Waals surface area contributed by atoms with Crippen LogP contribution in [0.2, 0.25) is 0 Å². The molecule has 2 rings (SSSR count). The Balaban J connectivity index is 2.18. The van der Waals surface area contributed by atoms with Gasteiger partial charge in [-0.1, -0.05) is 6.92 Å². The van der Waals surface area contributed by atoms with E-state index in [1.165, 1.54) is 0 Å². The Morgan fingerprint density at radius 1 is 1.18 bits per heavy atom. The molecule has 0 bridgehead atoms. The molecule has 2 aromatic heterocycles. The van der Waals surface area contributed by atoms with Gasteiger partial charge in [0.15, 0.2) is 5.82 Å². The lowest BCUT2D eigenvalue weighted by atomic mass is 10.1. The summed E-state index contributed by atoms with van der Waals surface area (Å²) in [5.41, 5.74) is 1.55. The van der Waals surface area contributed by atoms with Gasteiger partial charge in [-0.15, -0.1) is 0 Å². The Morgan fingerprint density at radius 2 is 1.91 bits per heavy atom. The number of urea groups is 1. The summed E-state index contributed by atoms with van der Waals surface area (Å²) in [6.45, 7) is 7.80. The number of aryl methyl sites for hydroxylation is 1. The number of aromatic nitrogens is 3. The van der Waals surface area contributed by atoms with E-state index in [1.807, 2.05) is 39.8 Å². The molecule has 0 radical (unpaired) electrons. The highest BCUT2D eigenvalue weighted by atomic mass is 16.2. The molecule has 0 saturated carbocycles. The summed E-state index contributed by atoms with van der Waals surface area (Å²) in [7, 11) is 0. The van der Waals surface area contributed by atoms with Crippen molar-refractivity contribution in [1.82, 2.24) is 20.3 Å². The number of carbonyl (C=O) groups excluding carboxylic acids is 1. The van der Waals surface area contributed by atoms with Crippen LogP contribution in [0.5, 0.6) is 0 Å². The monoisotopic (exact) mass is 299 g/mol. The highest BCUT2D eigenvalue weighted by molar-refractivity contribution is 5.88. The van der Waals surface area contributed by atoms with Crippen molar-refractivity contribution in [3.05, 3.63) is 36.3 Å². The van der Waals surface area contributed by atoms with Crippen molar-refractivity contribution in [2.75, 3.05) is 5.32 Å². The van der Waals surface area contributed by atoms with Gasteiger partial charge in [0, 0.05) is 29.2 Å². The van der Waals surface area contributed by atoms with Gasteiger partial charge in [-0.3, -0.25) is 10.3 Å². The predicted molar refractivity (Wildman–Crippen MR) is 86.5 cm³/mol. The molecule has 0 aliphatic heterocycles. The van der Waals surface area contributed by atoms with E-state index in [-0.39, 0.29) is 11.6 Å². The lowest BCUT2D eigenvalue weighted by molar-refractivity contribution is 0.243. The zero-order chi connectivity index (χ0) is 16.2. The largest absolute Gasteiger partial charge is 0.333 e. The fourth-order valence-corrected chi connectivity index (χ4v) is 1.87. The van der Waals surface area contributed by atoms with Crippen LogP contribution in [-0.4, -0.2) is 26.5 Å². The molecule has 0 saturated heterocycles. The summed E-state index contributed by atoms with van der Waals surface area (Å²) in [5, 5.41) is 5.55. The predicted octanol–water partition coefficient (Wildman–Crippen LogP) is 3.02. The van der Waals surface area contributed by atoms with Gasteiger partial charge in [0.05, 0.1) is 0 Å². The second-order valence-electron chi connectivity index (χ2n) is 5.98. The molecule has 0 fully saturated rings. The van der Waals surface area contributed by atoms with E-state index < -0.39 is 0 Å². The van der Waals surface area contributed by atoms with Gasteiger partial charge >= 0.3 is 6.03 Å². The second kappa shape index (κ2) is 6.51. The molecule has 0 aliphatic rings. The molecule has 22 heavy (non-hydrogen) atoms. The summed E-state index contributed by atoms with van der Waals surface area (Å²) in [6.07, 6.45) is 4.21. The SMILES string of the molecule is CCc1cc(-c2nccc(NC(=O)NC(C)(C)C)n2)ccn1. The fourth-order valence-electron chi connectivity index (χ4n) is 1.87. The van der Waals surface area contributed by atoms with Crippen LogP contribution in [-0.2, 0) is 6.42 Å². The molecule has 2 aromatic rings. The Labute approximate surface area is 130 Å². The zero-order valence-corrected chi connectivity index (χ0v) is 13.3. The normalized spacial score (nSPS) is 11.1. The number of anilines is 1. The van der Waals surface area contributed by atoms with Gasteiger partial charge < -0.3 is 5.32 Å². The van der Waals surface area contributed by atoms with Crippen molar-refractivity contribution in [2.45, 2.75) is 39.7 Å². The van der Waals surface area contributed by atoms with Gasteiger partial charge in [-0.25, -0.2) is 14.8 Å². The van der Waals surface area contributed by atoms with E-state index >= 15 is 0 Å².